The van der Waals surface area contributed by atoms with Crippen molar-refractivity contribution in [2.24, 2.45) is 5.41 Å². The summed E-state index contributed by atoms with van der Waals surface area (Å²) in [5, 5.41) is 0.749. The van der Waals surface area contributed by atoms with Gasteiger partial charge in [0.1, 0.15) is 6.79 Å². The van der Waals surface area contributed by atoms with Crippen LogP contribution in [0.5, 0.6) is 11.5 Å². The fourth-order valence-electron chi connectivity index (χ4n) is 3.64. The molecule has 1 saturated heterocycles. The minimum absolute atomic E-state index is 0.0348. The van der Waals surface area contributed by atoms with Crippen molar-refractivity contribution in [1.29, 1.82) is 0 Å². The minimum atomic E-state index is -0.216. The zero-order valence-corrected chi connectivity index (χ0v) is 19.5. The number of H-pyrrole nitrogens is 1. The predicted octanol–water partition coefficient (Wildman–Crippen LogP) is 4.16. The van der Waals surface area contributed by atoms with E-state index in [9.17, 15) is 4.79 Å². The van der Waals surface area contributed by atoms with Gasteiger partial charge in [-0.15, -0.1) is 0 Å². The van der Waals surface area contributed by atoms with Crippen LogP contribution in [0.2, 0.25) is 0 Å². The van der Waals surface area contributed by atoms with Crippen molar-refractivity contribution in [3.63, 3.8) is 0 Å². The third kappa shape index (κ3) is 4.90. The number of carbonyl (C=O) groups excluding carboxylic acids is 1. The number of nitrogens with one attached hydrogen (secondary N) is 1. The molecule has 9 heteroatoms. The average Bonchev–Trinajstić information content (AvgIpc) is 3.17. The number of carbonyl (C=O) groups is 1. The summed E-state index contributed by atoms with van der Waals surface area (Å²) in [6.07, 6.45) is 1.71. The molecule has 0 unspecified atom stereocenters. The fourth-order valence-corrected chi connectivity index (χ4v) is 4.47. The summed E-state index contributed by atoms with van der Waals surface area (Å²) in [7, 11) is 1.61. The highest BCUT2D eigenvalue weighted by Crippen LogP contribution is 2.35. The number of aryl methyl sites for hydroxylation is 1. The number of ether oxygens (including phenoxy) is 4. The SMILES string of the molecule is COc1c(OCC2(C)COCOC2)ccnc1CSc1nc2cc(C(C)=O)c(C)cc2[nH]1. The third-order valence-corrected chi connectivity index (χ3v) is 6.21. The van der Waals surface area contributed by atoms with Crippen LogP contribution in [0, 0.1) is 12.3 Å². The molecule has 32 heavy (non-hydrogen) atoms. The number of hydrogen-bond acceptors (Lipinski definition) is 8. The molecule has 170 valence electrons. The van der Waals surface area contributed by atoms with Gasteiger partial charge in [0, 0.05) is 29.0 Å². The smallest absolute Gasteiger partial charge is 0.183 e. The van der Waals surface area contributed by atoms with E-state index in [0.29, 0.717) is 49.4 Å². The number of pyridine rings is 1. The van der Waals surface area contributed by atoms with Crippen LogP contribution in [-0.2, 0) is 15.2 Å². The normalized spacial score (nSPS) is 15.6. The highest BCUT2D eigenvalue weighted by molar-refractivity contribution is 7.98. The lowest BCUT2D eigenvalue weighted by atomic mass is 9.94. The van der Waals surface area contributed by atoms with Gasteiger partial charge in [-0.25, -0.2) is 4.98 Å². The van der Waals surface area contributed by atoms with Crippen LogP contribution in [0.15, 0.2) is 29.6 Å². The first-order valence-corrected chi connectivity index (χ1v) is 11.3. The van der Waals surface area contributed by atoms with Crippen molar-refractivity contribution >= 4 is 28.6 Å². The summed E-state index contributed by atoms with van der Waals surface area (Å²) in [6.45, 7) is 7.50. The molecule has 0 bridgehead atoms. The van der Waals surface area contributed by atoms with Crippen LogP contribution in [0.25, 0.3) is 11.0 Å². The van der Waals surface area contributed by atoms with Crippen molar-refractivity contribution in [1.82, 2.24) is 15.0 Å². The monoisotopic (exact) mass is 457 g/mol. The second kappa shape index (κ2) is 9.48. The molecule has 1 N–H and O–H groups in total. The maximum atomic E-state index is 11.8. The molecule has 2 aromatic heterocycles. The van der Waals surface area contributed by atoms with Crippen LogP contribution in [0.1, 0.15) is 35.5 Å². The van der Waals surface area contributed by atoms with Gasteiger partial charge in [-0.05, 0) is 31.5 Å². The maximum Gasteiger partial charge on any atom is 0.183 e. The number of hydrogen-bond donors (Lipinski definition) is 1. The van der Waals surface area contributed by atoms with Gasteiger partial charge >= 0.3 is 0 Å². The number of imidazole rings is 1. The summed E-state index contributed by atoms with van der Waals surface area (Å²) in [4.78, 5) is 24.2. The number of thioether (sulfide) groups is 1. The van der Waals surface area contributed by atoms with Crippen molar-refractivity contribution in [3.05, 3.63) is 41.2 Å². The molecular weight excluding hydrogens is 430 g/mol. The first-order valence-electron chi connectivity index (χ1n) is 10.3. The van der Waals surface area contributed by atoms with Crippen molar-refractivity contribution in [3.8, 4) is 11.5 Å². The summed E-state index contributed by atoms with van der Waals surface area (Å²) in [6, 6.07) is 5.59. The number of aromatic nitrogens is 3. The number of methoxy groups -OCH3 is 1. The molecule has 1 fully saturated rings. The van der Waals surface area contributed by atoms with Gasteiger partial charge < -0.3 is 23.9 Å². The summed E-state index contributed by atoms with van der Waals surface area (Å²) in [5.41, 5.74) is 3.84. The van der Waals surface area contributed by atoms with E-state index >= 15 is 0 Å². The Morgan fingerprint density at radius 1 is 1.31 bits per heavy atom. The lowest BCUT2D eigenvalue weighted by molar-refractivity contribution is -0.167. The summed E-state index contributed by atoms with van der Waals surface area (Å²) < 4.78 is 22.5. The lowest BCUT2D eigenvalue weighted by Gasteiger charge is -2.32. The molecule has 1 aliphatic rings. The first kappa shape index (κ1) is 22.6. The van der Waals surface area contributed by atoms with Crippen LogP contribution < -0.4 is 9.47 Å². The number of benzene rings is 1. The molecule has 1 aliphatic heterocycles. The van der Waals surface area contributed by atoms with E-state index in [4.69, 9.17) is 18.9 Å². The largest absolute Gasteiger partial charge is 0.491 e. The van der Waals surface area contributed by atoms with E-state index in [1.165, 1.54) is 11.8 Å². The number of Topliss-reactive ketones (excluding diaryl/α,β-unsaturated/α-hetero) is 1. The number of nitrogens with zero attached hydrogens (tertiary/aromatic N) is 2. The minimum Gasteiger partial charge on any atom is -0.491 e. The Hall–Kier alpha value is -2.62. The topological polar surface area (TPSA) is 95.6 Å². The maximum absolute atomic E-state index is 11.8. The van der Waals surface area contributed by atoms with Gasteiger partial charge in [-0.1, -0.05) is 18.7 Å². The molecular formula is C23H27N3O5S. The van der Waals surface area contributed by atoms with E-state index in [1.54, 1.807) is 26.3 Å². The molecule has 3 heterocycles. The van der Waals surface area contributed by atoms with Gasteiger partial charge in [0.25, 0.3) is 0 Å². The van der Waals surface area contributed by atoms with Gasteiger partial charge in [0.2, 0.25) is 0 Å². The summed E-state index contributed by atoms with van der Waals surface area (Å²) >= 11 is 1.51. The van der Waals surface area contributed by atoms with E-state index in [1.807, 2.05) is 19.1 Å². The van der Waals surface area contributed by atoms with Crippen molar-refractivity contribution in [2.45, 2.75) is 31.7 Å². The molecule has 0 saturated carbocycles. The Balaban J connectivity index is 1.48. The number of fused-ring (bicyclic) bond motifs is 1. The number of ketones is 1. The molecule has 0 radical (unpaired) electrons. The fraction of sp³-hybridized carbons (Fsp3) is 0.435. The standard InChI is InChI=1S/C23H27N3O5S/c1-14-7-17-18(8-16(14)15(2)27)26-22(25-17)32-9-19-21(28-4)20(5-6-24-19)31-12-23(3)10-29-13-30-11-23/h5-8H,9-13H2,1-4H3,(H,25,26). The molecule has 0 atom stereocenters. The zero-order chi connectivity index (χ0) is 22.7. The molecule has 0 amide bonds. The lowest BCUT2D eigenvalue weighted by Crippen LogP contribution is -2.39. The third-order valence-electron chi connectivity index (χ3n) is 5.32. The van der Waals surface area contributed by atoms with Crippen LogP contribution in [-0.4, -0.2) is 54.5 Å². The van der Waals surface area contributed by atoms with Gasteiger partial charge in [0.05, 0.1) is 43.7 Å². The Morgan fingerprint density at radius 2 is 2.09 bits per heavy atom. The molecule has 0 spiro atoms. The second-order valence-corrected chi connectivity index (χ2v) is 9.24. The molecule has 4 rings (SSSR count). The first-order chi connectivity index (χ1) is 15.4. The van der Waals surface area contributed by atoms with Gasteiger partial charge in [-0.2, -0.15) is 0 Å². The average molecular weight is 458 g/mol. The van der Waals surface area contributed by atoms with Crippen molar-refractivity contribution in [2.75, 3.05) is 33.7 Å². The van der Waals surface area contributed by atoms with Crippen molar-refractivity contribution < 1.29 is 23.7 Å². The van der Waals surface area contributed by atoms with E-state index in [2.05, 4.69) is 21.9 Å². The number of aromatic amines is 1. The van der Waals surface area contributed by atoms with Crippen LogP contribution in [0.4, 0.5) is 0 Å². The quantitative estimate of drug-likeness (QED) is 0.398. The predicted molar refractivity (Wildman–Crippen MR) is 122 cm³/mol. The molecule has 3 aromatic rings. The highest BCUT2D eigenvalue weighted by atomic mass is 32.2. The summed E-state index contributed by atoms with van der Waals surface area (Å²) in [5.74, 6) is 1.82. The highest BCUT2D eigenvalue weighted by Gasteiger charge is 2.30. The Kier molecular flexibility index (Phi) is 6.68. The van der Waals surface area contributed by atoms with Gasteiger partial charge in [-0.3, -0.25) is 9.78 Å². The second-order valence-electron chi connectivity index (χ2n) is 8.27. The molecule has 1 aromatic carbocycles. The van der Waals surface area contributed by atoms with Crippen LogP contribution >= 0.6 is 11.8 Å². The van der Waals surface area contributed by atoms with E-state index in [-0.39, 0.29) is 11.2 Å². The Morgan fingerprint density at radius 3 is 2.81 bits per heavy atom. The molecule has 8 nitrogen and oxygen atoms in total. The molecule has 0 aliphatic carbocycles. The van der Waals surface area contributed by atoms with Gasteiger partial charge in [0.15, 0.2) is 22.4 Å². The van der Waals surface area contributed by atoms with Crippen LogP contribution in [0.3, 0.4) is 0 Å². The zero-order valence-electron chi connectivity index (χ0n) is 18.7. The van der Waals surface area contributed by atoms with E-state index in [0.717, 1.165) is 27.4 Å². The Bertz CT molecular complexity index is 1120. The van der Waals surface area contributed by atoms with E-state index < -0.39 is 0 Å². The Labute approximate surface area is 191 Å². The number of rotatable bonds is 8.